The van der Waals surface area contributed by atoms with Crippen LogP contribution in [0.4, 0.5) is 14.5 Å². The van der Waals surface area contributed by atoms with Crippen LogP contribution in [0.5, 0.6) is 0 Å². The molecule has 2 aromatic rings. The third kappa shape index (κ3) is 2.64. The Balaban J connectivity index is 2.07. The maximum atomic E-state index is 13.6. The zero-order valence-electron chi connectivity index (χ0n) is 11.4. The third-order valence-corrected chi connectivity index (χ3v) is 3.39. The monoisotopic (exact) mass is 310 g/mol. The van der Waals surface area contributed by atoms with Gasteiger partial charge in [-0.2, -0.15) is 0 Å². The summed E-state index contributed by atoms with van der Waals surface area (Å²) in [4.78, 5) is 12.7. The van der Waals surface area contributed by atoms with Crippen molar-refractivity contribution < 1.29 is 27.9 Å². The Morgan fingerprint density at radius 2 is 1.86 bits per heavy atom. The van der Waals surface area contributed by atoms with Crippen molar-refractivity contribution >= 4 is 11.7 Å². The number of carbonyl (C=O) groups is 1. The van der Waals surface area contributed by atoms with Crippen LogP contribution in [-0.4, -0.2) is 42.5 Å². The quantitative estimate of drug-likeness (QED) is 0.936. The second kappa shape index (κ2) is 5.72. The summed E-state index contributed by atoms with van der Waals surface area (Å²) in [5, 5.41) is 12.3. The first kappa shape index (κ1) is 14.5. The lowest BCUT2D eigenvalue weighted by molar-refractivity contribution is 0.0686. The lowest BCUT2D eigenvalue weighted by Gasteiger charge is -2.30. The molecule has 8 heteroatoms. The molecule has 3 rings (SSSR count). The zero-order valence-corrected chi connectivity index (χ0v) is 11.4. The van der Waals surface area contributed by atoms with Gasteiger partial charge in [0.05, 0.1) is 18.9 Å². The van der Waals surface area contributed by atoms with Crippen molar-refractivity contribution in [3.63, 3.8) is 0 Å². The topological polar surface area (TPSA) is 75.8 Å². The molecule has 22 heavy (non-hydrogen) atoms. The van der Waals surface area contributed by atoms with E-state index in [1.165, 1.54) is 6.07 Å². The summed E-state index contributed by atoms with van der Waals surface area (Å²) in [6, 6.07) is 3.23. The highest BCUT2D eigenvalue weighted by Crippen LogP contribution is 2.34. The molecule has 1 saturated heterocycles. The summed E-state index contributed by atoms with van der Waals surface area (Å²) in [6.07, 6.45) is 0. The average Bonchev–Trinajstić information content (AvgIpc) is 3.00. The van der Waals surface area contributed by atoms with Gasteiger partial charge in [-0.15, -0.1) is 0 Å². The highest BCUT2D eigenvalue weighted by Gasteiger charge is 2.22. The van der Waals surface area contributed by atoms with E-state index in [1.54, 1.807) is 0 Å². The molecule has 6 nitrogen and oxygen atoms in total. The van der Waals surface area contributed by atoms with Crippen LogP contribution in [0.15, 0.2) is 22.7 Å². The van der Waals surface area contributed by atoms with Gasteiger partial charge in [0.2, 0.25) is 0 Å². The predicted molar refractivity (Wildman–Crippen MR) is 71.8 cm³/mol. The van der Waals surface area contributed by atoms with E-state index in [0.717, 1.165) is 12.1 Å². The third-order valence-electron chi connectivity index (χ3n) is 3.39. The van der Waals surface area contributed by atoms with Crippen LogP contribution in [0, 0.1) is 11.6 Å². The summed E-state index contributed by atoms with van der Waals surface area (Å²) in [5.41, 5.74) is 0.365. The number of hydrogen-bond donors (Lipinski definition) is 1. The smallest absolute Gasteiger partial charge is 0.358 e. The molecule has 0 spiro atoms. The molecule has 1 aliphatic heterocycles. The standard InChI is InChI=1S/C14H12F2N2O4/c15-9-5-8(13-7-11(14(19)20)17-22-13)12(6-10(9)16)18-1-3-21-4-2-18/h5-7H,1-4H2,(H,19,20). The molecular formula is C14H12F2N2O4. The van der Waals surface area contributed by atoms with Gasteiger partial charge in [-0.25, -0.2) is 13.6 Å². The summed E-state index contributed by atoms with van der Waals surface area (Å²) >= 11 is 0. The molecule has 1 aliphatic rings. The van der Waals surface area contributed by atoms with Crippen LogP contribution in [-0.2, 0) is 4.74 Å². The Labute approximate surface area is 123 Å². The van der Waals surface area contributed by atoms with Crippen LogP contribution < -0.4 is 4.90 Å². The molecule has 0 saturated carbocycles. The number of anilines is 1. The van der Waals surface area contributed by atoms with Crippen molar-refractivity contribution in [1.82, 2.24) is 5.16 Å². The van der Waals surface area contributed by atoms with Crippen LogP contribution >= 0.6 is 0 Å². The molecular weight excluding hydrogens is 298 g/mol. The molecule has 1 aromatic heterocycles. The second-order valence-electron chi connectivity index (χ2n) is 4.76. The Morgan fingerprint density at radius 1 is 1.18 bits per heavy atom. The van der Waals surface area contributed by atoms with E-state index >= 15 is 0 Å². The van der Waals surface area contributed by atoms with Gasteiger partial charge in [-0.1, -0.05) is 5.16 Å². The highest BCUT2D eigenvalue weighted by molar-refractivity contribution is 5.87. The molecule has 116 valence electrons. The molecule has 1 aromatic carbocycles. The SMILES string of the molecule is O=C(O)c1cc(-c2cc(F)c(F)cc2N2CCOCC2)on1. The molecule has 0 aliphatic carbocycles. The minimum Gasteiger partial charge on any atom is -0.476 e. The number of hydrogen-bond acceptors (Lipinski definition) is 5. The summed E-state index contributed by atoms with van der Waals surface area (Å²) in [5.74, 6) is -3.22. The molecule has 0 bridgehead atoms. The van der Waals surface area contributed by atoms with Crippen molar-refractivity contribution in [1.29, 1.82) is 0 Å². The van der Waals surface area contributed by atoms with E-state index in [0.29, 0.717) is 32.0 Å². The van der Waals surface area contributed by atoms with Gasteiger partial charge >= 0.3 is 5.97 Å². The van der Waals surface area contributed by atoms with E-state index in [4.69, 9.17) is 14.4 Å². The van der Waals surface area contributed by atoms with Gasteiger partial charge in [0.25, 0.3) is 0 Å². The maximum Gasteiger partial charge on any atom is 0.358 e. The fraction of sp³-hybridized carbons (Fsp3) is 0.286. The minimum atomic E-state index is -1.26. The fourth-order valence-corrected chi connectivity index (χ4v) is 2.30. The minimum absolute atomic E-state index is 0.0674. The van der Waals surface area contributed by atoms with Crippen molar-refractivity contribution in [2.24, 2.45) is 0 Å². The number of rotatable bonds is 3. The number of benzene rings is 1. The van der Waals surface area contributed by atoms with Crippen molar-refractivity contribution in [3.05, 3.63) is 35.5 Å². The highest BCUT2D eigenvalue weighted by atomic mass is 19.2. The molecule has 1 fully saturated rings. The van der Waals surface area contributed by atoms with E-state index < -0.39 is 17.6 Å². The van der Waals surface area contributed by atoms with E-state index in [2.05, 4.69) is 5.16 Å². The van der Waals surface area contributed by atoms with E-state index in [-0.39, 0.29) is 17.0 Å². The lowest BCUT2D eigenvalue weighted by atomic mass is 10.1. The molecule has 1 N–H and O–H groups in total. The summed E-state index contributed by atoms with van der Waals surface area (Å²) in [6.45, 7) is 1.96. The summed E-state index contributed by atoms with van der Waals surface area (Å²) in [7, 11) is 0. The van der Waals surface area contributed by atoms with E-state index in [1.807, 2.05) is 4.90 Å². The molecule has 0 radical (unpaired) electrons. The average molecular weight is 310 g/mol. The Kier molecular flexibility index (Phi) is 3.76. The number of nitrogens with zero attached hydrogens (tertiary/aromatic N) is 2. The maximum absolute atomic E-state index is 13.6. The largest absolute Gasteiger partial charge is 0.476 e. The normalized spacial score (nSPS) is 15.1. The molecule has 0 amide bonds. The Bertz CT molecular complexity index is 711. The molecule has 0 unspecified atom stereocenters. The molecule has 2 heterocycles. The number of halogens is 2. The fourth-order valence-electron chi connectivity index (χ4n) is 2.30. The Hall–Kier alpha value is -2.48. The first-order chi connectivity index (χ1) is 10.6. The number of aromatic nitrogens is 1. The first-order valence-electron chi connectivity index (χ1n) is 6.58. The van der Waals surface area contributed by atoms with Gasteiger partial charge in [0.15, 0.2) is 23.1 Å². The second-order valence-corrected chi connectivity index (χ2v) is 4.76. The number of morpholine rings is 1. The van der Waals surface area contributed by atoms with Crippen molar-refractivity contribution in [3.8, 4) is 11.3 Å². The van der Waals surface area contributed by atoms with Gasteiger partial charge < -0.3 is 19.3 Å². The van der Waals surface area contributed by atoms with E-state index in [9.17, 15) is 13.6 Å². The first-order valence-corrected chi connectivity index (χ1v) is 6.58. The lowest BCUT2D eigenvalue weighted by Crippen LogP contribution is -2.36. The van der Waals surface area contributed by atoms with Gasteiger partial charge in [0, 0.05) is 30.8 Å². The van der Waals surface area contributed by atoms with Crippen LogP contribution in [0.25, 0.3) is 11.3 Å². The van der Waals surface area contributed by atoms with Gasteiger partial charge in [-0.05, 0) is 6.07 Å². The predicted octanol–water partition coefficient (Wildman–Crippen LogP) is 2.15. The molecule has 0 atom stereocenters. The van der Waals surface area contributed by atoms with Gasteiger partial charge in [-0.3, -0.25) is 0 Å². The van der Waals surface area contributed by atoms with Crippen LogP contribution in [0.1, 0.15) is 10.5 Å². The number of ether oxygens (including phenoxy) is 1. The van der Waals surface area contributed by atoms with Crippen LogP contribution in [0.2, 0.25) is 0 Å². The van der Waals surface area contributed by atoms with Crippen LogP contribution in [0.3, 0.4) is 0 Å². The van der Waals surface area contributed by atoms with Crippen molar-refractivity contribution in [2.75, 3.05) is 31.2 Å². The Morgan fingerprint density at radius 3 is 2.50 bits per heavy atom. The number of carboxylic acids is 1. The number of aromatic carboxylic acids is 1. The van der Waals surface area contributed by atoms with Crippen molar-refractivity contribution in [2.45, 2.75) is 0 Å². The zero-order chi connectivity index (χ0) is 15.7. The number of carboxylic acid groups (broad SMARTS) is 1. The summed E-state index contributed by atoms with van der Waals surface area (Å²) < 4.78 is 37.4. The van der Waals surface area contributed by atoms with Gasteiger partial charge in [0.1, 0.15) is 0 Å².